The number of halogens is 2. The van der Waals surface area contributed by atoms with Crippen LogP contribution < -0.4 is 5.32 Å². The van der Waals surface area contributed by atoms with Gasteiger partial charge in [0.05, 0.1) is 6.54 Å². The first kappa shape index (κ1) is 14.6. The van der Waals surface area contributed by atoms with Crippen molar-refractivity contribution < 1.29 is 13.3 Å². The van der Waals surface area contributed by atoms with Crippen LogP contribution >= 0.6 is 0 Å². The molecule has 0 atom stereocenters. The Morgan fingerprint density at radius 2 is 1.75 bits per heavy atom. The number of hydrogen-bond acceptors (Lipinski definition) is 4. The molecule has 0 saturated carbocycles. The number of aliphatic imine (C=N–C) groups is 1. The highest BCUT2D eigenvalue weighted by molar-refractivity contribution is 6.00. The van der Waals surface area contributed by atoms with Gasteiger partial charge in [0.25, 0.3) is 0 Å². The van der Waals surface area contributed by atoms with Crippen LogP contribution in [0.5, 0.6) is 0 Å². The van der Waals surface area contributed by atoms with Gasteiger partial charge in [-0.3, -0.25) is 4.99 Å². The highest BCUT2D eigenvalue weighted by atomic mass is 19.1. The number of nitrogens with one attached hydrogen (secondary N) is 1. The first-order valence-electron chi connectivity index (χ1n) is 7.52. The van der Waals surface area contributed by atoms with E-state index in [2.05, 4.69) is 15.5 Å². The topological polar surface area (TPSA) is 50.4 Å². The van der Waals surface area contributed by atoms with Gasteiger partial charge in [0.2, 0.25) is 0 Å². The van der Waals surface area contributed by atoms with Crippen molar-refractivity contribution in [1.82, 2.24) is 10.5 Å². The molecule has 24 heavy (non-hydrogen) atoms. The molecule has 0 spiro atoms. The fraction of sp³-hybridized carbons (Fsp3) is 0.111. The first-order valence-corrected chi connectivity index (χ1v) is 7.52. The van der Waals surface area contributed by atoms with E-state index in [1.54, 1.807) is 30.3 Å². The minimum Gasteiger partial charge on any atom is -0.368 e. The zero-order valence-corrected chi connectivity index (χ0v) is 12.6. The van der Waals surface area contributed by atoms with E-state index in [1.165, 1.54) is 18.2 Å². The second-order valence-corrected chi connectivity index (χ2v) is 5.44. The lowest BCUT2D eigenvalue weighted by Crippen LogP contribution is -2.19. The summed E-state index contributed by atoms with van der Waals surface area (Å²) in [6.45, 7) is 1.46. The summed E-state index contributed by atoms with van der Waals surface area (Å²) in [6.07, 6.45) is 0. The fourth-order valence-corrected chi connectivity index (χ4v) is 2.61. The second-order valence-electron chi connectivity index (χ2n) is 5.44. The average molecular weight is 325 g/mol. The summed E-state index contributed by atoms with van der Waals surface area (Å²) in [6, 6.07) is 12.4. The van der Waals surface area contributed by atoms with Gasteiger partial charge < -0.3 is 9.84 Å². The molecule has 0 fully saturated rings. The number of nitrogens with zero attached hydrogens (tertiary/aromatic N) is 2. The van der Waals surface area contributed by atoms with Crippen LogP contribution in [0.2, 0.25) is 0 Å². The third-order valence-electron chi connectivity index (χ3n) is 3.83. The average Bonchev–Trinajstić information content (AvgIpc) is 3.27. The Morgan fingerprint density at radius 1 is 0.958 bits per heavy atom. The summed E-state index contributed by atoms with van der Waals surface area (Å²) < 4.78 is 32.7. The van der Waals surface area contributed by atoms with Gasteiger partial charge in [-0.2, -0.15) is 0 Å². The van der Waals surface area contributed by atoms with Crippen LogP contribution in [-0.2, 0) is 0 Å². The van der Waals surface area contributed by atoms with Crippen molar-refractivity contribution in [3.8, 4) is 22.6 Å². The Balaban J connectivity index is 1.65. The quantitative estimate of drug-likeness (QED) is 0.800. The molecule has 0 amide bonds. The molecule has 1 N–H and O–H groups in total. The zero-order chi connectivity index (χ0) is 16.5. The lowest BCUT2D eigenvalue weighted by Gasteiger charge is -2.04. The summed E-state index contributed by atoms with van der Waals surface area (Å²) in [7, 11) is 0. The maximum atomic E-state index is 14.4. The van der Waals surface area contributed by atoms with Crippen molar-refractivity contribution >= 4 is 5.84 Å². The van der Waals surface area contributed by atoms with Crippen LogP contribution in [-0.4, -0.2) is 24.1 Å². The Morgan fingerprint density at radius 3 is 2.46 bits per heavy atom. The highest BCUT2D eigenvalue weighted by Crippen LogP contribution is 2.28. The van der Waals surface area contributed by atoms with Gasteiger partial charge in [-0.05, 0) is 36.4 Å². The van der Waals surface area contributed by atoms with E-state index in [0.29, 0.717) is 40.5 Å². The lowest BCUT2D eigenvalue weighted by atomic mass is 10.1. The van der Waals surface area contributed by atoms with Crippen molar-refractivity contribution in [2.24, 2.45) is 4.99 Å². The van der Waals surface area contributed by atoms with Gasteiger partial charge in [-0.25, -0.2) is 8.78 Å². The molecule has 6 heteroatoms. The summed E-state index contributed by atoms with van der Waals surface area (Å²) in [5, 5.41) is 7.03. The molecule has 4 rings (SSSR count). The molecule has 3 aromatic rings. The molecule has 0 aliphatic carbocycles. The third-order valence-corrected chi connectivity index (χ3v) is 3.83. The molecular weight excluding hydrogens is 312 g/mol. The van der Waals surface area contributed by atoms with Gasteiger partial charge >= 0.3 is 0 Å². The Hall–Kier alpha value is -3.02. The summed E-state index contributed by atoms with van der Waals surface area (Å²) in [5.41, 5.74) is 2.11. The van der Waals surface area contributed by atoms with Crippen molar-refractivity contribution in [2.45, 2.75) is 0 Å². The Labute approximate surface area is 136 Å². The highest BCUT2D eigenvalue weighted by Gasteiger charge is 2.15. The smallest absolute Gasteiger partial charge is 0.167 e. The maximum Gasteiger partial charge on any atom is 0.167 e. The molecule has 4 nitrogen and oxygen atoms in total. The largest absolute Gasteiger partial charge is 0.368 e. The predicted molar refractivity (Wildman–Crippen MR) is 86.7 cm³/mol. The van der Waals surface area contributed by atoms with Gasteiger partial charge in [-0.15, -0.1) is 0 Å². The molecule has 0 saturated heterocycles. The number of rotatable bonds is 3. The van der Waals surface area contributed by atoms with Crippen molar-refractivity contribution in [2.75, 3.05) is 13.1 Å². The number of benzene rings is 2. The fourth-order valence-electron chi connectivity index (χ4n) is 2.61. The zero-order valence-electron chi connectivity index (χ0n) is 12.6. The van der Waals surface area contributed by atoms with Crippen molar-refractivity contribution in [3.05, 3.63) is 65.7 Å². The Bertz CT molecular complexity index is 916. The van der Waals surface area contributed by atoms with E-state index in [-0.39, 0.29) is 5.82 Å². The van der Waals surface area contributed by atoms with E-state index in [4.69, 9.17) is 4.52 Å². The van der Waals surface area contributed by atoms with E-state index in [1.807, 2.05) is 0 Å². The molecule has 120 valence electrons. The monoisotopic (exact) mass is 325 g/mol. The predicted octanol–water partition coefficient (Wildman–Crippen LogP) is 3.64. The van der Waals surface area contributed by atoms with E-state index >= 15 is 0 Å². The van der Waals surface area contributed by atoms with Crippen LogP contribution in [0.1, 0.15) is 5.56 Å². The van der Waals surface area contributed by atoms with Crippen molar-refractivity contribution in [3.63, 3.8) is 0 Å². The second kappa shape index (κ2) is 5.88. The minimum atomic E-state index is -0.400. The molecular formula is C18H13F2N3O. The molecule has 0 radical (unpaired) electrons. The number of amidine groups is 1. The van der Waals surface area contributed by atoms with E-state index in [0.717, 1.165) is 6.54 Å². The molecule has 1 aliphatic heterocycles. The van der Waals surface area contributed by atoms with Crippen LogP contribution in [0.25, 0.3) is 22.6 Å². The SMILES string of the molecule is Fc1ccc(-c2cc(-c3ccc(C4=NCCN4)cc3F)no2)cc1. The number of aromatic nitrogens is 1. The van der Waals surface area contributed by atoms with E-state index < -0.39 is 5.82 Å². The number of hydrogen-bond donors (Lipinski definition) is 1. The maximum absolute atomic E-state index is 14.4. The minimum absolute atomic E-state index is 0.330. The van der Waals surface area contributed by atoms with Crippen LogP contribution in [0.3, 0.4) is 0 Å². The summed E-state index contributed by atoms with van der Waals surface area (Å²) >= 11 is 0. The first-order chi connectivity index (χ1) is 11.7. The summed E-state index contributed by atoms with van der Waals surface area (Å²) in [4.78, 5) is 4.27. The molecule has 1 aromatic heterocycles. The van der Waals surface area contributed by atoms with Crippen LogP contribution in [0, 0.1) is 11.6 Å². The lowest BCUT2D eigenvalue weighted by molar-refractivity contribution is 0.434. The van der Waals surface area contributed by atoms with Crippen molar-refractivity contribution in [1.29, 1.82) is 0 Å². The molecule has 0 bridgehead atoms. The van der Waals surface area contributed by atoms with Gasteiger partial charge in [0.15, 0.2) is 5.76 Å². The molecule has 2 aromatic carbocycles. The standard InChI is InChI=1S/C18H13F2N3O/c19-13-4-1-11(2-5-13)17-10-16(23-24-17)14-6-3-12(9-15(14)20)18-21-7-8-22-18/h1-6,9-10H,7-8H2,(H,21,22). The van der Waals surface area contributed by atoms with E-state index in [9.17, 15) is 8.78 Å². The molecule has 1 aliphatic rings. The van der Waals surface area contributed by atoms with Gasteiger partial charge in [0.1, 0.15) is 23.2 Å². The van der Waals surface area contributed by atoms with Crippen LogP contribution in [0.4, 0.5) is 8.78 Å². The van der Waals surface area contributed by atoms with Gasteiger partial charge in [-0.1, -0.05) is 11.2 Å². The Kier molecular flexibility index (Phi) is 3.57. The van der Waals surface area contributed by atoms with Crippen LogP contribution in [0.15, 0.2) is 58.0 Å². The molecule has 0 unspecified atom stereocenters. The molecule has 2 heterocycles. The normalized spacial score (nSPS) is 13.7. The summed E-state index contributed by atoms with van der Waals surface area (Å²) in [5.74, 6) is 0.425. The third kappa shape index (κ3) is 2.67. The van der Waals surface area contributed by atoms with Gasteiger partial charge in [0, 0.05) is 29.3 Å².